The third-order valence-corrected chi connectivity index (χ3v) is 3.37. The van der Waals surface area contributed by atoms with Crippen molar-refractivity contribution in [1.82, 2.24) is 5.43 Å². The van der Waals surface area contributed by atoms with Gasteiger partial charge in [0.2, 0.25) is 0 Å². The summed E-state index contributed by atoms with van der Waals surface area (Å²) in [5, 5.41) is 0. The average molecular weight is 250 g/mol. The Labute approximate surface area is 108 Å². The van der Waals surface area contributed by atoms with Crippen LogP contribution in [0.1, 0.15) is 31.4 Å². The van der Waals surface area contributed by atoms with Crippen LogP contribution in [-0.4, -0.2) is 19.8 Å². The first-order valence-corrected chi connectivity index (χ1v) is 6.60. The Kier molecular flexibility index (Phi) is 4.99. The van der Waals surface area contributed by atoms with E-state index < -0.39 is 0 Å². The number of nitrogens with two attached hydrogens (primary N) is 1. The highest BCUT2D eigenvalue weighted by molar-refractivity contribution is 5.30. The van der Waals surface area contributed by atoms with Crippen LogP contribution in [0.15, 0.2) is 24.3 Å². The van der Waals surface area contributed by atoms with Gasteiger partial charge in [0.1, 0.15) is 5.75 Å². The SMILES string of the molecule is CCOc1cccc(C(CC2CCOC2)NN)c1. The zero-order chi connectivity index (χ0) is 12.8. The molecule has 0 saturated carbocycles. The summed E-state index contributed by atoms with van der Waals surface area (Å²) >= 11 is 0. The van der Waals surface area contributed by atoms with Gasteiger partial charge < -0.3 is 9.47 Å². The predicted molar refractivity (Wildman–Crippen MR) is 71.2 cm³/mol. The van der Waals surface area contributed by atoms with E-state index in [-0.39, 0.29) is 6.04 Å². The van der Waals surface area contributed by atoms with Crippen molar-refractivity contribution in [1.29, 1.82) is 0 Å². The van der Waals surface area contributed by atoms with Crippen LogP contribution in [0.25, 0.3) is 0 Å². The second-order valence-electron chi connectivity index (χ2n) is 4.69. The summed E-state index contributed by atoms with van der Waals surface area (Å²) in [6, 6.07) is 8.29. The lowest BCUT2D eigenvalue weighted by atomic mass is 9.94. The van der Waals surface area contributed by atoms with Crippen LogP contribution in [0.4, 0.5) is 0 Å². The zero-order valence-corrected chi connectivity index (χ0v) is 10.9. The van der Waals surface area contributed by atoms with Crippen LogP contribution < -0.4 is 16.0 Å². The van der Waals surface area contributed by atoms with Crippen LogP contribution in [0.5, 0.6) is 5.75 Å². The van der Waals surface area contributed by atoms with E-state index in [0.717, 1.165) is 31.8 Å². The molecule has 4 nitrogen and oxygen atoms in total. The Morgan fingerprint density at radius 2 is 2.44 bits per heavy atom. The van der Waals surface area contributed by atoms with Crippen LogP contribution in [0.2, 0.25) is 0 Å². The van der Waals surface area contributed by atoms with E-state index >= 15 is 0 Å². The van der Waals surface area contributed by atoms with Crippen LogP contribution in [-0.2, 0) is 4.74 Å². The van der Waals surface area contributed by atoms with Gasteiger partial charge in [-0.25, -0.2) is 0 Å². The number of hydrogen-bond acceptors (Lipinski definition) is 4. The second kappa shape index (κ2) is 6.73. The average Bonchev–Trinajstić information content (AvgIpc) is 2.89. The van der Waals surface area contributed by atoms with Gasteiger partial charge in [-0.1, -0.05) is 12.1 Å². The van der Waals surface area contributed by atoms with E-state index in [1.807, 2.05) is 19.1 Å². The van der Waals surface area contributed by atoms with Crippen molar-refractivity contribution in [2.75, 3.05) is 19.8 Å². The molecule has 0 radical (unpaired) electrons. The van der Waals surface area contributed by atoms with Gasteiger partial charge in [0.25, 0.3) is 0 Å². The molecule has 2 rings (SSSR count). The van der Waals surface area contributed by atoms with Gasteiger partial charge in [-0.15, -0.1) is 0 Å². The lowest BCUT2D eigenvalue weighted by Gasteiger charge is -2.20. The summed E-state index contributed by atoms with van der Waals surface area (Å²) in [7, 11) is 0. The maximum absolute atomic E-state index is 5.68. The summed E-state index contributed by atoms with van der Waals surface area (Å²) in [5.74, 6) is 7.18. The molecule has 2 unspecified atom stereocenters. The molecule has 1 saturated heterocycles. The summed E-state index contributed by atoms with van der Waals surface area (Å²) in [5.41, 5.74) is 4.08. The fraction of sp³-hybridized carbons (Fsp3) is 0.571. The molecule has 0 aliphatic carbocycles. The molecule has 1 aromatic carbocycles. The van der Waals surface area contributed by atoms with Gasteiger partial charge >= 0.3 is 0 Å². The number of ether oxygens (including phenoxy) is 2. The first-order valence-electron chi connectivity index (χ1n) is 6.60. The van der Waals surface area contributed by atoms with Gasteiger partial charge in [0, 0.05) is 19.3 Å². The molecule has 1 aliphatic heterocycles. The minimum absolute atomic E-state index is 0.164. The van der Waals surface area contributed by atoms with Crippen molar-refractivity contribution in [3.63, 3.8) is 0 Å². The Balaban J connectivity index is 2.03. The quantitative estimate of drug-likeness (QED) is 0.599. The van der Waals surface area contributed by atoms with Gasteiger partial charge in [-0.2, -0.15) is 0 Å². The van der Waals surface area contributed by atoms with Crippen LogP contribution in [0.3, 0.4) is 0 Å². The molecule has 1 aromatic rings. The normalized spacial score (nSPS) is 20.9. The Hall–Kier alpha value is -1.10. The molecule has 2 atom stereocenters. The fourth-order valence-corrected chi connectivity index (χ4v) is 2.39. The van der Waals surface area contributed by atoms with E-state index in [4.69, 9.17) is 15.3 Å². The number of rotatable bonds is 6. The van der Waals surface area contributed by atoms with Crippen molar-refractivity contribution in [3.05, 3.63) is 29.8 Å². The standard InChI is InChI=1S/C14H22N2O2/c1-2-18-13-5-3-4-12(9-13)14(16-15)8-11-6-7-17-10-11/h3-5,9,11,14,16H,2,6-8,10,15H2,1H3. The summed E-state index contributed by atoms with van der Waals surface area (Å²) < 4.78 is 10.9. The van der Waals surface area contributed by atoms with Crippen molar-refractivity contribution >= 4 is 0 Å². The van der Waals surface area contributed by atoms with Crippen LogP contribution in [0, 0.1) is 5.92 Å². The molecule has 1 aliphatic rings. The molecule has 3 N–H and O–H groups in total. The Morgan fingerprint density at radius 1 is 1.56 bits per heavy atom. The molecule has 0 bridgehead atoms. The lowest BCUT2D eigenvalue weighted by Crippen LogP contribution is -2.29. The molecule has 0 spiro atoms. The van der Waals surface area contributed by atoms with E-state index in [1.54, 1.807) is 0 Å². The van der Waals surface area contributed by atoms with E-state index in [1.165, 1.54) is 5.56 Å². The van der Waals surface area contributed by atoms with Crippen molar-refractivity contribution in [2.45, 2.75) is 25.8 Å². The number of hydrazine groups is 1. The van der Waals surface area contributed by atoms with Crippen molar-refractivity contribution in [3.8, 4) is 5.75 Å². The largest absolute Gasteiger partial charge is 0.494 e. The molecule has 1 fully saturated rings. The minimum atomic E-state index is 0.164. The third-order valence-electron chi connectivity index (χ3n) is 3.37. The molecule has 100 valence electrons. The van der Waals surface area contributed by atoms with Crippen molar-refractivity contribution < 1.29 is 9.47 Å². The molecule has 0 amide bonds. The maximum Gasteiger partial charge on any atom is 0.119 e. The fourth-order valence-electron chi connectivity index (χ4n) is 2.39. The first-order chi connectivity index (χ1) is 8.83. The molecule has 18 heavy (non-hydrogen) atoms. The highest BCUT2D eigenvalue weighted by atomic mass is 16.5. The van der Waals surface area contributed by atoms with E-state index in [2.05, 4.69) is 17.6 Å². The molecule has 1 heterocycles. The number of hydrogen-bond donors (Lipinski definition) is 2. The van der Waals surface area contributed by atoms with Gasteiger partial charge in [0.05, 0.1) is 6.61 Å². The Bertz CT molecular complexity index is 365. The first kappa shape index (κ1) is 13.3. The molecular weight excluding hydrogens is 228 g/mol. The summed E-state index contributed by atoms with van der Waals surface area (Å²) in [6.07, 6.45) is 2.13. The predicted octanol–water partition coefficient (Wildman–Crippen LogP) is 2.02. The summed E-state index contributed by atoms with van der Waals surface area (Å²) in [4.78, 5) is 0. The molecule has 0 aromatic heterocycles. The highest BCUT2D eigenvalue weighted by Crippen LogP contribution is 2.27. The van der Waals surface area contributed by atoms with Gasteiger partial charge in [-0.05, 0) is 43.4 Å². The number of nitrogens with one attached hydrogen (secondary N) is 1. The Morgan fingerprint density at radius 3 is 3.11 bits per heavy atom. The van der Waals surface area contributed by atoms with Gasteiger partial charge in [0.15, 0.2) is 0 Å². The second-order valence-corrected chi connectivity index (χ2v) is 4.69. The van der Waals surface area contributed by atoms with E-state index in [9.17, 15) is 0 Å². The topological polar surface area (TPSA) is 56.5 Å². The minimum Gasteiger partial charge on any atom is -0.494 e. The maximum atomic E-state index is 5.68. The third kappa shape index (κ3) is 3.45. The smallest absolute Gasteiger partial charge is 0.119 e. The summed E-state index contributed by atoms with van der Waals surface area (Å²) in [6.45, 7) is 4.39. The molecule has 4 heteroatoms. The molecular formula is C14H22N2O2. The highest BCUT2D eigenvalue weighted by Gasteiger charge is 2.21. The van der Waals surface area contributed by atoms with Crippen LogP contribution >= 0.6 is 0 Å². The van der Waals surface area contributed by atoms with E-state index in [0.29, 0.717) is 12.5 Å². The zero-order valence-electron chi connectivity index (χ0n) is 10.9. The van der Waals surface area contributed by atoms with Crippen molar-refractivity contribution in [2.24, 2.45) is 11.8 Å². The number of benzene rings is 1. The van der Waals surface area contributed by atoms with Gasteiger partial charge in [-0.3, -0.25) is 11.3 Å². The lowest BCUT2D eigenvalue weighted by molar-refractivity contribution is 0.181. The monoisotopic (exact) mass is 250 g/mol.